The van der Waals surface area contributed by atoms with E-state index in [-0.39, 0.29) is 11.8 Å². The molecule has 0 rings (SSSR count). The monoisotopic (exact) mass is 265 g/mol. The first kappa shape index (κ1) is 13.9. The zero-order valence-corrected chi connectivity index (χ0v) is 10.6. The molecule has 1 N–H and O–H groups in total. The molecule has 14 heavy (non-hydrogen) atoms. The average Bonchev–Trinajstić information content (AvgIpc) is 2.17. The van der Waals surface area contributed by atoms with Crippen LogP contribution in [0.2, 0.25) is 0 Å². The Hall–Kier alpha value is -0.0900. The van der Waals surface area contributed by atoms with Crippen molar-refractivity contribution in [2.75, 3.05) is 25.1 Å². The molecule has 0 saturated carbocycles. The molecule has 0 aliphatic rings. The van der Waals surface area contributed by atoms with Crippen LogP contribution in [0.1, 0.15) is 26.7 Å². The van der Waals surface area contributed by atoms with Crippen LogP contribution < -0.4 is 5.32 Å². The van der Waals surface area contributed by atoms with Crippen LogP contribution in [0.5, 0.6) is 0 Å². The van der Waals surface area contributed by atoms with Gasteiger partial charge >= 0.3 is 0 Å². The van der Waals surface area contributed by atoms with Crippen molar-refractivity contribution in [2.24, 2.45) is 5.92 Å². The van der Waals surface area contributed by atoms with Crippen LogP contribution >= 0.6 is 15.9 Å². The molecule has 0 aromatic heterocycles. The molecule has 1 amide bonds. The van der Waals surface area contributed by atoms with Crippen LogP contribution in [0, 0.1) is 5.92 Å². The third kappa shape index (κ3) is 7.33. The molecule has 0 radical (unpaired) electrons. The van der Waals surface area contributed by atoms with Crippen molar-refractivity contribution < 1.29 is 9.53 Å². The van der Waals surface area contributed by atoms with Gasteiger partial charge < -0.3 is 10.1 Å². The Balaban J connectivity index is 3.34. The van der Waals surface area contributed by atoms with E-state index in [4.69, 9.17) is 4.74 Å². The Morgan fingerprint density at radius 1 is 1.50 bits per heavy atom. The summed E-state index contributed by atoms with van der Waals surface area (Å²) in [4.78, 5) is 11.4. The van der Waals surface area contributed by atoms with Crippen LogP contribution in [0.4, 0.5) is 0 Å². The Morgan fingerprint density at radius 3 is 2.79 bits per heavy atom. The van der Waals surface area contributed by atoms with Crippen LogP contribution in [0.25, 0.3) is 0 Å². The van der Waals surface area contributed by atoms with Gasteiger partial charge in [-0.05, 0) is 6.42 Å². The highest BCUT2D eigenvalue weighted by Crippen LogP contribution is 2.03. The van der Waals surface area contributed by atoms with E-state index in [9.17, 15) is 4.79 Å². The summed E-state index contributed by atoms with van der Waals surface area (Å²) >= 11 is 3.26. The minimum absolute atomic E-state index is 0.121. The van der Waals surface area contributed by atoms with Crippen molar-refractivity contribution in [2.45, 2.75) is 26.7 Å². The number of alkyl halides is 1. The third-order valence-electron chi connectivity index (χ3n) is 1.94. The van der Waals surface area contributed by atoms with Gasteiger partial charge in [0.1, 0.15) is 0 Å². The Bertz CT molecular complexity index is 153. The number of carbonyl (C=O) groups is 1. The lowest BCUT2D eigenvalue weighted by Gasteiger charge is -2.10. The quantitative estimate of drug-likeness (QED) is 0.538. The highest BCUT2D eigenvalue weighted by atomic mass is 79.9. The van der Waals surface area contributed by atoms with Crippen LogP contribution in [-0.2, 0) is 9.53 Å². The maximum absolute atomic E-state index is 11.4. The second-order valence-electron chi connectivity index (χ2n) is 3.28. The predicted molar refractivity (Wildman–Crippen MR) is 61.7 cm³/mol. The maximum Gasteiger partial charge on any atom is 0.222 e. The number of hydrogen-bond acceptors (Lipinski definition) is 2. The zero-order valence-electron chi connectivity index (χ0n) is 9.01. The number of rotatable bonds is 8. The minimum atomic E-state index is 0.121. The normalized spacial score (nSPS) is 12.5. The summed E-state index contributed by atoms with van der Waals surface area (Å²) in [6, 6.07) is 0. The van der Waals surface area contributed by atoms with E-state index in [1.807, 2.05) is 6.92 Å². The van der Waals surface area contributed by atoms with Gasteiger partial charge in [-0.25, -0.2) is 0 Å². The summed E-state index contributed by atoms with van der Waals surface area (Å²) in [5.74, 6) is 0.255. The first-order chi connectivity index (χ1) is 6.72. The minimum Gasteiger partial charge on any atom is -0.379 e. The van der Waals surface area contributed by atoms with E-state index < -0.39 is 0 Å². The number of nitrogens with one attached hydrogen (secondary N) is 1. The van der Waals surface area contributed by atoms with Gasteiger partial charge in [0.15, 0.2) is 0 Å². The highest BCUT2D eigenvalue weighted by Gasteiger charge is 2.09. The van der Waals surface area contributed by atoms with E-state index in [1.165, 1.54) is 0 Å². The summed E-state index contributed by atoms with van der Waals surface area (Å²) in [6.45, 7) is 5.94. The van der Waals surface area contributed by atoms with Gasteiger partial charge in [0.25, 0.3) is 0 Å². The van der Waals surface area contributed by atoms with E-state index in [0.29, 0.717) is 19.8 Å². The lowest BCUT2D eigenvalue weighted by Crippen LogP contribution is -2.32. The molecule has 0 spiro atoms. The van der Waals surface area contributed by atoms with Crippen molar-refractivity contribution in [3.05, 3.63) is 0 Å². The van der Waals surface area contributed by atoms with Crippen LogP contribution in [-0.4, -0.2) is 31.0 Å². The molecule has 0 aliphatic carbocycles. The Kier molecular flexibility index (Phi) is 9.40. The van der Waals surface area contributed by atoms with Crippen molar-refractivity contribution in [3.63, 3.8) is 0 Å². The molecule has 0 aromatic carbocycles. The molecule has 0 aliphatic heterocycles. The summed E-state index contributed by atoms with van der Waals surface area (Å²) in [7, 11) is 0. The van der Waals surface area contributed by atoms with Gasteiger partial charge in [-0.1, -0.05) is 36.2 Å². The molecule has 84 valence electrons. The lowest BCUT2D eigenvalue weighted by molar-refractivity contribution is -0.124. The number of carbonyl (C=O) groups excluding carboxylic acids is 1. The highest BCUT2D eigenvalue weighted by molar-refractivity contribution is 9.09. The summed E-state index contributed by atoms with van der Waals surface area (Å²) in [6.07, 6.45) is 2.00. The molecule has 0 heterocycles. The van der Waals surface area contributed by atoms with Gasteiger partial charge in [-0.2, -0.15) is 0 Å². The van der Waals surface area contributed by atoms with Crippen molar-refractivity contribution in [3.8, 4) is 0 Å². The topological polar surface area (TPSA) is 38.3 Å². The Morgan fingerprint density at radius 2 is 2.21 bits per heavy atom. The standard InChI is InChI=1S/C10H20BrNO2/c1-3-4-9(2)10(13)12-6-8-14-7-5-11/h9H,3-8H2,1-2H3,(H,12,13). The molecule has 0 bridgehead atoms. The number of hydrogen-bond donors (Lipinski definition) is 1. The van der Waals surface area contributed by atoms with Gasteiger partial charge in [0, 0.05) is 17.8 Å². The average molecular weight is 266 g/mol. The fourth-order valence-electron chi connectivity index (χ4n) is 1.14. The van der Waals surface area contributed by atoms with E-state index in [2.05, 4.69) is 28.2 Å². The van der Waals surface area contributed by atoms with Crippen LogP contribution in [0.15, 0.2) is 0 Å². The molecule has 0 aromatic rings. The van der Waals surface area contributed by atoms with Gasteiger partial charge in [-0.3, -0.25) is 4.79 Å². The third-order valence-corrected chi connectivity index (χ3v) is 2.26. The molecular formula is C10H20BrNO2. The van der Waals surface area contributed by atoms with Gasteiger partial charge in [0.2, 0.25) is 5.91 Å². The van der Waals surface area contributed by atoms with Crippen LogP contribution in [0.3, 0.4) is 0 Å². The van der Waals surface area contributed by atoms with E-state index >= 15 is 0 Å². The molecule has 4 heteroatoms. The second-order valence-corrected chi connectivity index (χ2v) is 4.08. The fourth-order valence-corrected chi connectivity index (χ4v) is 1.37. The maximum atomic E-state index is 11.4. The van der Waals surface area contributed by atoms with E-state index in [1.54, 1.807) is 0 Å². The van der Waals surface area contributed by atoms with Crippen molar-refractivity contribution >= 4 is 21.8 Å². The lowest BCUT2D eigenvalue weighted by atomic mass is 10.1. The fraction of sp³-hybridized carbons (Fsp3) is 0.900. The van der Waals surface area contributed by atoms with Gasteiger partial charge in [-0.15, -0.1) is 0 Å². The summed E-state index contributed by atoms with van der Waals surface area (Å²) in [5.41, 5.74) is 0. The SMILES string of the molecule is CCCC(C)C(=O)NCCOCCBr. The molecule has 1 atom stereocenters. The largest absolute Gasteiger partial charge is 0.379 e. The molecular weight excluding hydrogens is 246 g/mol. The van der Waals surface area contributed by atoms with Crippen molar-refractivity contribution in [1.82, 2.24) is 5.32 Å². The number of amides is 1. The Labute approximate surface area is 94.7 Å². The second kappa shape index (κ2) is 9.46. The van der Waals surface area contributed by atoms with Crippen molar-refractivity contribution in [1.29, 1.82) is 0 Å². The zero-order chi connectivity index (χ0) is 10.8. The van der Waals surface area contributed by atoms with Gasteiger partial charge in [0.05, 0.1) is 13.2 Å². The number of halogens is 1. The molecule has 0 saturated heterocycles. The molecule has 1 unspecified atom stereocenters. The summed E-state index contributed by atoms with van der Waals surface area (Å²) < 4.78 is 5.21. The molecule has 3 nitrogen and oxygen atoms in total. The van der Waals surface area contributed by atoms with E-state index in [0.717, 1.165) is 18.2 Å². The first-order valence-electron chi connectivity index (χ1n) is 5.13. The number of ether oxygens (including phenoxy) is 1. The molecule has 0 fully saturated rings. The smallest absolute Gasteiger partial charge is 0.222 e. The summed E-state index contributed by atoms with van der Waals surface area (Å²) in [5, 5.41) is 3.69. The first-order valence-corrected chi connectivity index (χ1v) is 6.26. The predicted octanol–water partition coefficient (Wildman–Crippen LogP) is 1.95.